The quantitative estimate of drug-likeness (QED) is 0.456. The zero-order valence-corrected chi connectivity index (χ0v) is 14.9. The highest BCUT2D eigenvalue weighted by Crippen LogP contribution is 2.17. The van der Waals surface area contributed by atoms with Crippen LogP contribution in [0.2, 0.25) is 13.1 Å². The van der Waals surface area contributed by atoms with Gasteiger partial charge in [-0.15, -0.1) is 0 Å². The van der Waals surface area contributed by atoms with Crippen LogP contribution >= 0.6 is 0 Å². The summed E-state index contributed by atoms with van der Waals surface area (Å²) in [4.78, 5) is 21.9. The lowest BCUT2D eigenvalue weighted by Gasteiger charge is -2.31. The maximum Gasteiger partial charge on any atom is 0.355 e. The SMILES string of the molecule is C[Si](N=C=O)(O[Si](C)(N=C=O)c1ccccc1)c1ccccc1. The van der Waals surface area contributed by atoms with Gasteiger partial charge in [-0.25, -0.2) is 18.9 Å². The average Bonchev–Trinajstić information content (AvgIpc) is 2.57. The number of rotatable bonds is 6. The van der Waals surface area contributed by atoms with E-state index in [1.165, 1.54) is 0 Å². The standard InChI is InChI=1S/C16H16N2O3Si2/c1-22(17-13-19,15-9-5-3-6-10-15)21-23(2,18-14-20)16-11-7-4-8-12-16/h3-12H,1-2H3. The summed E-state index contributed by atoms with van der Waals surface area (Å²) in [7, 11) is -5.98. The summed E-state index contributed by atoms with van der Waals surface area (Å²) in [6.07, 6.45) is 3.23. The fourth-order valence-electron chi connectivity index (χ4n) is 2.35. The summed E-state index contributed by atoms with van der Waals surface area (Å²) in [5.74, 6) is 0. The number of hydrogen-bond donors (Lipinski definition) is 0. The fourth-order valence-corrected chi connectivity index (χ4v) is 8.98. The van der Waals surface area contributed by atoms with Crippen LogP contribution in [0.4, 0.5) is 0 Å². The van der Waals surface area contributed by atoms with Gasteiger partial charge in [0.05, 0.1) is 0 Å². The van der Waals surface area contributed by atoms with Crippen LogP contribution in [-0.4, -0.2) is 29.1 Å². The zero-order valence-electron chi connectivity index (χ0n) is 12.9. The van der Waals surface area contributed by atoms with Gasteiger partial charge in [-0.1, -0.05) is 60.7 Å². The van der Waals surface area contributed by atoms with Crippen LogP contribution in [0.1, 0.15) is 0 Å². The van der Waals surface area contributed by atoms with Gasteiger partial charge in [0, 0.05) is 0 Å². The molecule has 0 bridgehead atoms. The summed E-state index contributed by atoms with van der Waals surface area (Å²) < 4.78 is 14.2. The Hall–Kier alpha value is -2.41. The van der Waals surface area contributed by atoms with Gasteiger partial charge in [0.1, 0.15) is 0 Å². The first-order valence-corrected chi connectivity index (χ1v) is 11.7. The summed E-state index contributed by atoms with van der Waals surface area (Å²) in [6, 6.07) is 18.6. The molecule has 0 spiro atoms. The monoisotopic (exact) mass is 340 g/mol. The van der Waals surface area contributed by atoms with Crippen LogP contribution in [0, 0.1) is 0 Å². The van der Waals surface area contributed by atoms with Crippen LogP contribution in [0.15, 0.2) is 70.0 Å². The third-order valence-electron chi connectivity index (χ3n) is 3.53. The molecule has 2 aromatic rings. The van der Waals surface area contributed by atoms with E-state index in [1.54, 1.807) is 25.3 Å². The van der Waals surface area contributed by atoms with Crippen LogP contribution in [0.3, 0.4) is 0 Å². The number of nitrogens with zero attached hydrogens (tertiary/aromatic N) is 2. The Labute approximate surface area is 136 Å². The van der Waals surface area contributed by atoms with Crippen molar-refractivity contribution in [2.75, 3.05) is 0 Å². The highest BCUT2D eigenvalue weighted by atomic mass is 28.4. The zero-order chi connectivity index (χ0) is 16.8. The van der Waals surface area contributed by atoms with Gasteiger partial charge in [-0.3, -0.25) is 0 Å². The van der Waals surface area contributed by atoms with Crippen molar-refractivity contribution < 1.29 is 13.7 Å². The van der Waals surface area contributed by atoms with E-state index >= 15 is 0 Å². The molecule has 5 nitrogen and oxygen atoms in total. The molecule has 0 saturated heterocycles. The lowest BCUT2D eigenvalue weighted by Crippen LogP contribution is -2.59. The van der Waals surface area contributed by atoms with Crippen molar-refractivity contribution >= 4 is 39.5 Å². The fraction of sp³-hybridized carbons (Fsp3) is 0.125. The van der Waals surface area contributed by atoms with Gasteiger partial charge in [0.2, 0.25) is 12.2 Å². The average molecular weight is 340 g/mol. The molecular weight excluding hydrogens is 324 g/mol. The van der Waals surface area contributed by atoms with Gasteiger partial charge in [0.25, 0.3) is 0 Å². The Kier molecular flexibility index (Phi) is 5.34. The van der Waals surface area contributed by atoms with Crippen molar-refractivity contribution in [3.8, 4) is 0 Å². The molecule has 23 heavy (non-hydrogen) atoms. The van der Waals surface area contributed by atoms with Gasteiger partial charge in [-0.05, 0) is 23.5 Å². The highest BCUT2D eigenvalue weighted by Gasteiger charge is 2.44. The number of benzene rings is 2. The Bertz CT molecular complexity index is 694. The molecule has 116 valence electrons. The minimum absolute atomic E-state index is 0.819. The summed E-state index contributed by atoms with van der Waals surface area (Å²) in [6.45, 7) is 3.59. The van der Waals surface area contributed by atoms with Crippen molar-refractivity contribution in [3.05, 3.63) is 60.7 Å². The molecule has 0 radical (unpaired) electrons. The number of hydrogen-bond acceptors (Lipinski definition) is 5. The van der Waals surface area contributed by atoms with Crippen molar-refractivity contribution in [1.82, 2.24) is 0 Å². The van der Waals surface area contributed by atoms with Crippen LogP contribution in [0.5, 0.6) is 0 Å². The summed E-state index contributed by atoms with van der Waals surface area (Å²) in [5.41, 5.74) is 0. The lowest BCUT2D eigenvalue weighted by atomic mass is 10.4. The van der Waals surface area contributed by atoms with Gasteiger partial charge in [0.15, 0.2) is 0 Å². The Morgan fingerprint density at radius 3 is 1.39 bits per heavy atom. The van der Waals surface area contributed by atoms with Crippen molar-refractivity contribution in [2.45, 2.75) is 13.1 Å². The second-order valence-electron chi connectivity index (χ2n) is 5.21. The summed E-state index contributed by atoms with van der Waals surface area (Å²) >= 11 is 0. The van der Waals surface area contributed by atoms with Crippen LogP contribution in [0.25, 0.3) is 0 Å². The van der Waals surface area contributed by atoms with Gasteiger partial charge < -0.3 is 4.12 Å². The van der Waals surface area contributed by atoms with E-state index < -0.39 is 17.0 Å². The van der Waals surface area contributed by atoms with E-state index in [0.29, 0.717) is 0 Å². The van der Waals surface area contributed by atoms with E-state index in [1.807, 2.05) is 60.7 Å². The number of carbonyl (C=O) groups excluding carboxylic acids is 2. The molecule has 0 amide bonds. The molecule has 0 aliphatic rings. The molecule has 0 aromatic heterocycles. The Morgan fingerprint density at radius 1 is 0.739 bits per heavy atom. The molecule has 0 N–H and O–H groups in total. The molecule has 7 heteroatoms. The minimum atomic E-state index is -2.99. The summed E-state index contributed by atoms with van der Waals surface area (Å²) in [5, 5.41) is 1.64. The van der Waals surface area contributed by atoms with E-state index in [-0.39, 0.29) is 0 Å². The Morgan fingerprint density at radius 2 is 1.09 bits per heavy atom. The molecule has 2 atom stereocenters. The normalized spacial score (nSPS) is 15.4. The molecule has 2 unspecified atom stereocenters. The lowest BCUT2D eigenvalue weighted by molar-refractivity contribution is 0.545. The second-order valence-corrected chi connectivity index (χ2v) is 11.6. The van der Waals surface area contributed by atoms with E-state index in [4.69, 9.17) is 4.12 Å². The minimum Gasteiger partial charge on any atom is -0.415 e. The Balaban J connectivity index is 2.52. The first-order valence-electron chi connectivity index (χ1n) is 7.03. The molecule has 0 heterocycles. The largest absolute Gasteiger partial charge is 0.415 e. The molecule has 0 aliphatic heterocycles. The maximum absolute atomic E-state index is 10.9. The van der Waals surface area contributed by atoms with E-state index in [2.05, 4.69) is 9.32 Å². The van der Waals surface area contributed by atoms with Crippen LogP contribution in [-0.2, 0) is 13.7 Å². The second kappa shape index (κ2) is 7.24. The molecule has 0 aliphatic carbocycles. The first kappa shape index (κ1) is 17.0. The molecule has 2 aromatic carbocycles. The molecule has 0 fully saturated rings. The van der Waals surface area contributed by atoms with Crippen molar-refractivity contribution in [1.29, 1.82) is 0 Å². The third kappa shape index (κ3) is 3.87. The smallest absolute Gasteiger partial charge is 0.355 e. The van der Waals surface area contributed by atoms with Gasteiger partial charge >= 0.3 is 17.0 Å². The van der Waals surface area contributed by atoms with E-state index in [0.717, 1.165) is 10.4 Å². The molecular formula is C16H16N2O3Si2. The highest BCUT2D eigenvalue weighted by molar-refractivity contribution is 6.96. The number of isocyanates is 2. The molecule has 0 saturated carbocycles. The maximum atomic E-state index is 10.9. The predicted molar refractivity (Wildman–Crippen MR) is 92.7 cm³/mol. The first-order chi connectivity index (χ1) is 11.0. The van der Waals surface area contributed by atoms with E-state index in [9.17, 15) is 9.59 Å². The topological polar surface area (TPSA) is 68.1 Å². The van der Waals surface area contributed by atoms with Crippen molar-refractivity contribution in [2.24, 2.45) is 9.32 Å². The predicted octanol–water partition coefficient (Wildman–Crippen LogP) is 1.63. The third-order valence-corrected chi connectivity index (χ3v) is 10.6. The van der Waals surface area contributed by atoms with Crippen LogP contribution < -0.4 is 10.4 Å². The molecule has 2 rings (SSSR count). The van der Waals surface area contributed by atoms with Crippen molar-refractivity contribution in [3.63, 3.8) is 0 Å². The van der Waals surface area contributed by atoms with Gasteiger partial charge in [-0.2, -0.15) is 0 Å².